The Labute approximate surface area is 74.5 Å². The highest BCUT2D eigenvalue weighted by Gasteiger charge is 1.91. The molecule has 0 amide bonds. The van der Waals surface area contributed by atoms with Gasteiger partial charge in [-0.1, -0.05) is 18.2 Å². The van der Waals surface area contributed by atoms with Crippen molar-refractivity contribution in [2.75, 3.05) is 0 Å². The van der Waals surface area contributed by atoms with E-state index in [1.54, 1.807) is 12.1 Å². The van der Waals surface area contributed by atoms with E-state index in [1.165, 1.54) is 24.3 Å². The molecule has 1 aromatic carbocycles. The Balaban J connectivity index is 2.83. The number of hydrogen-bond donors (Lipinski definition) is 0. The molecule has 0 radical (unpaired) electrons. The van der Waals surface area contributed by atoms with Crippen molar-refractivity contribution in [2.45, 2.75) is 0 Å². The van der Waals surface area contributed by atoms with Crippen molar-refractivity contribution in [2.24, 2.45) is 0 Å². The van der Waals surface area contributed by atoms with Crippen LogP contribution in [0.1, 0.15) is 5.56 Å². The number of benzene rings is 1. The molecule has 12 heavy (non-hydrogen) atoms. The first kappa shape index (κ1) is 8.94. The minimum absolute atomic E-state index is 0.334. The normalized spacial score (nSPS) is 10.5. The summed E-state index contributed by atoms with van der Waals surface area (Å²) in [6.07, 6.45) is 2.63. The number of carbonyl (C=O) groups excluding carboxylic acids is 1. The van der Waals surface area contributed by atoms with E-state index in [9.17, 15) is 9.18 Å². The lowest BCUT2D eigenvalue weighted by atomic mass is 10.2. The van der Waals surface area contributed by atoms with E-state index in [0.29, 0.717) is 5.56 Å². The lowest BCUT2D eigenvalue weighted by Gasteiger charge is -1.90. The van der Waals surface area contributed by atoms with Gasteiger partial charge in [0, 0.05) is 0 Å². The SMILES string of the molecule is O=C(Cl)C=Cc1cccc(F)c1. The number of carbonyl (C=O) groups is 1. The number of hydrogen-bond acceptors (Lipinski definition) is 1. The zero-order valence-electron chi connectivity index (χ0n) is 6.13. The second kappa shape index (κ2) is 4.02. The van der Waals surface area contributed by atoms with Crippen molar-refractivity contribution in [3.05, 3.63) is 41.7 Å². The van der Waals surface area contributed by atoms with Gasteiger partial charge in [0.05, 0.1) is 0 Å². The van der Waals surface area contributed by atoms with Gasteiger partial charge in [-0.2, -0.15) is 0 Å². The van der Waals surface area contributed by atoms with Gasteiger partial charge in [0.1, 0.15) is 5.82 Å². The molecule has 3 heteroatoms. The molecule has 0 fully saturated rings. The second-order valence-corrected chi connectivity index (χ2v) is 2.56. The lowest BCUT2D eigenvalue weighted by molar-refractivity contribution is -0.107. The Morgan fingerprint density at radius 1 is 1.50 bits per heavy atom. The molecule has 0 aliphatic rings. The molecular weight excluding hydrogens is 179 g/mol. The quantitative estimate of drug-likeness (QED) is 0.510. The summed E-state index contributed by atoms with van der Waals surface area (Å²) < 4.78 is 12.5. The van der Waals surface area contributed by atoms with Gasteiger partial charge in [-0.15, -0.1) is 0 Å². The molecule has 0 spiro atoms. The lowest BCUT2D eigenvalue weighted by Crippen LogP contribution is -1.78. The highest BCUT2D eigenvalue weighted by molar-refractivity contribution is 6.66. The van der Waals surface area contributed by atoms with Crippen LogP contribution in [0.25, 0.3) is 6.08 Å². The maximum Gasteiger partial charge on any atom is 0.245 e. The number of rotatable bonds is 2. The van der Waals surface area contributed by atoms with Gasteiger partial charge in [0.25, 0.3) is 0 Å². The van der Waals surface area contributed by atoms with Crippen LogP contribution in [0.2, 0.25) is 0 Å². The number of halogens is 2. The van der Waals surface area contributed by atoms with E-state index in [4.69, 9.17) is 11.6 Å². The molecule has 0 aliphatic heterocycles. The van der Waals surface area contributed by atoms with E-state index in [0.717, 1.165) is 0 Å². The molecule has 62 valence electrons. The largest absolute Gasteiger partial charge is 0.276 e. The van der Waals surface area contributed by atoms with Crippen LogP contribution in [0.4, 0.5) is 4.39 Å². The summed E-state index contributed by atoms with van der Waals surface area (Å²) in [5.41, 5.74) is 0.615. The van der Waals surface area contributed by atoms with E-state index in [-0.39, 0.29) is 5.82 Å². The van der Waals surface area contributed by atoms with Crippen LogP contribution in [0.3, 0.4) is 0 Å². The highest BCUT2D eigenvalue weighted by Crippen LogP contribution is 2.05. The molecule has 1 aromatic rings. The average molecular weight is 185 g/mol. The molecule has 0 N–H and O–H groups in total. The molecule has 1 nitrogen and oxygen atoms in total. The van der Waals surface area contributed by atoms with Gasteiger partial charge in [0.15, 0.2) is 0 Å². The van der Waals surface area contributed by atoms with E-state index in [1.807, 2.05) is 0 Å². The fourth-order valence-electron chi connectivity index (χ4n) is 0.772. The van der Waals surface area contributed by atoms with Gasteiger partial charge in [-0.3, -0.25) is 4.79 Å². The summed E-state index contributed by atoms with van der Waals surface area (Å²) in [6.45, 7) is 0. The molecule has 0 aromatic heterocycles. The summed E-state index contributed by atoms with van der Waals surface area (Å²) in [7, 11) is 0. The minimum Gasteiger partial charge on any atom is -0.276 e. The van der Waals surface area contributed by atoms with Crippen LogP contribution in [0.5, 0.6) is 0 Å². The van der Waals surface area contributed by atoms with Crippen LogP contribution in [-0.2, 0) is 4.79 Å². The van der Waals surface area contributed by atoms with Crippen molar-refractivity contribution in [3.63, 3.8) is 0 Å². The fourth-order valence-corrected chi connectivity index (χ4v) is 0.835. The fraction of sp³-hybridized carbons (Fsp3) is 0. The third-order valence-corrected chi connectivity index (χ3v) is 1.38. The molecule has 0 bridgehead atoms. The predicted molar refractivity (Wildman–Crippen MR) is 46.3 cm³/mol. The first-order chi connectivity index (χ1) is 5.68. The summed E-state index contributed by atoms with van der Waals surface area (Å²) in [5, 5.41) is -0.570. The van der Waals surface area contributed by atoms with Crippen molar-refractivity contribution < 1.29 is 9.18 Å². The van der Waals surface area contributed by atoms with Gasteiger partial charge in [-0.05, 0) is 35.4 Å². The average Bonchev–Trinajstić information content (AvgIpc) is 2.01. The molecule has 0 aliphatic carbocycles. The Morgan fingerprint density at radius 2 is 2.25 bits per heavy atom. The minimum atomic E-state index is -0.570. The van der Waals surface area contributed by atoms with Gasteiger partial charge < -0.3 is 0 Å². The Bertz CT molecular complexity index is 320. The molecule has 0 saturated heterocycles. The molecule has 0 atom stereocenters. The smallest absolute Gasteiger partial charge is 0.245 e. The van der Waals surface area contributed by atoms with Crippen LogP contribution in [0.15, 0.2) is 30.3 Å². The van der Waals surface area contributed by atoms with Crippen molar-refractivity contribution in [1.82, 2.24) is 0 Å². The van der Waals surface area contributed by atoms with E-state index < -0.39 is 5.24 Å². The maximum absolute atomic E-state index is 12.5. The Kier molecular flexibility index (Phi) is 3.00. The standard InChI is InChI=1S/C9H6ClFO/c10-9(12)5-4-7-2-1-3-8(11)6-7/h1-6H. The third-order valence-electron chi connectivity index (χ3n) is 1.26. The Morgan fingerprint density at radius 3 is 2.83 bits per heavy atom. The highest BCUT2D eigenvalue weighted by atomic mass is 35.5. The third kappa shape index (κ3) is 2.84. The molecular formula is C9H6ClFO. The van der Waals surface area contributed by atoms with E-state index in [2.05, 4.69) is 0 Å². The second-order valence-electron chi connectivity index (χ2n) is 2.19. The first-order valence-electron chi connectivity index (χ1n) is 3.31. The maximum atomic E-state index is 12.5. The molecule has 0 unspecified atom stereocenters. The van der Waals surface area contributed by atoms with Crippen LogP contribution in [0, 0.1) is 5.82 Å². The van der Waals surface area contributed by atoms with E-state index >= 15 is 0 Å². The zero-order chi connectivity index (χ0) is 8.97. The van der Waals surface area contributed by atoms with Crippen LogP contribution < -0.4 is 0 Å². The van der Waals surface area contributed by atoms with Crippen molar-refractivity contribution >= 4 is 22.9 Å². The van der Waals surface area contributed by atoms with Gasteiger partial charge in [-0.25, -0.2) is 4.39 Å². The topological polar surface area (TPSA) is 17.1 Å². The van der Waals surface area contributed by atoms with Crippen molar-refractivity contribution in [1.29, 1.82) is 0 Å². The zero-order valence-corrected chi connectivity index (χ0v) is 6.88. The van der Waals surface area contributed by atoms with Crippen LogP contribution >= 0.6 is 11.6 Å². The summed E-state index contributed by atoms with van der Waals surface area (Å²) in [4.78, 5) is 10.3. The summed E-state index contributed by atoms with van der Waals surface area (Å²) in [5.74, 6) is -0.334. The van der Waals surface area contributed by atoms with Crippen molar-refractivity contribution in [3.8, 4) is 0 Å². The van der Waals surface area contributed by atoms with Gasteiger partial charge >= 0.3 is 0 Å². The molecule has 0 saturated carbocycles. The monoisotopic (exact) mass is 184 g/mol. The Hall–Kier alpha value is -1.15. The molecule has 0 heterocycles. The van der Waals surface area contributed by atoms with Crippen LogP contribution in [-0.4, -0.2) is 5.24 Å². The number of allylic oxidation sites excluding steroid dienone is 1. The summed E-state index contributed by atoms with van der Waals surface area (Å²) >= 11 is 5.05. The van der Waals surface area contributed by atoms with Gasteiger partial charge in [0.2, 0.25) is 5.24 Å². The summed E-state index contributed by atoms with van der Waals surface area (Å²) in [6, 6.07) is 5.89. The first-order valence-corrected chi connectivity index (χ1v) is 3.69. The predicted octanol–water partition coefficient (Wildman–Crippen LogP) is 2.60. The molecule has 1 rings (SSSR count).